The molecule has 1 aromatic rings. The minimum Gasteiger partial charge on any atom is -0.442 e. The number of carbonyl (C=O) groups is 1. The fourth-order valence-electron chi connectivity index (χ4n) is 1.28. The summed E-state index contributed by atoms with van der Waals surface area (Å²) in [5.74, 6) is -1.57. The molecule has 0 radical (unpaired) electrons. The Morgan fingerprint density at radius 3 is 2.37 bits per heavy atom. The van der Waals surface area contributed by atoms with Gasteiger partial charge in [0.05, 0.1) is 0 Å². The van der Waals surface area contributed by atoms with Crippen molar-refractivity contribution in [2.75, 3.05) is 0 Å². The molecule has 19 heavy (non-hydrogen) atoms. The molecule has 1 aromatic carbocycles. The lowest BCUT2D eigenvalue weighted by Crippen LogP contribution is -2.36. The SMILES string of the molecule is C=C(C)C(=O)OC(C)(CC)OC(=S)c1ccccc1. The molecular formula is C15H18O3S. The lowest BCUT2D eigenvalue weighted by Gasteiger charge is -2.29. The topological polar surface area (TPSA) is 35.5 Å². The van der Waals surface area contributed by atoms with Gasteiger partial charge in [-0.05, 0) is 19.1 Å². The average Bonchev–Trinajstić information content (AvgIpc) is 2.39. The van der Waals surface area contributed by atoms with Gasteiger partial charge in [-0.25, -0.2) is 4.79 Å². The molecule has 0 aromatic heterocycles. The summed E-state index contributed by atoms with van der Waals surface area (Å²) in [6.07, 6.45) is 0.485. The van der Waals surface area contributed by atoms with Crippen LogP contribution in [0.1, 0.15) is 32.8 Å². The maximum absolute atomic E-state index is 11.6. The summed E-state index contributed by atoms with van der Waals surface area (Å²) < 4.78 is 10.9. The number of benzene rings is 1. The standard InChI is InChI=1S/C15H18O3S/c1-5-15(4,17-13(16)11(2)3)18-14(19)12-9-7-6-8-10-12/h6-10H,2,5H2,1,3-4H3. The van der Waals surface area contributed by atoms with E-state index in [2.05, 4.69) is 6.58 Å². The summed E-state index contributed by atoms with van der Waals surface area (Å²) >= 11 is 5.22. The monoisotopic (exact) mass is 278 g/mol. The summed E-state index contributed by atoms with van der Waals surface area (Å²) in [5, 5.41) is 0.305. The first-order valence-corrected chi connectivity index (χ1v) is 6.46. The van der Waals surface area contributed by atoms with Crippen LogP contribution >= 0.6 is 12.2 Å². The van der Waals surface area contributed by atoms with E-state index in [1.807, 2.05) is 37.3 Å². The number of hydrogen-bond donors (Lipinski definition) is 0. The minimum atomic E-state index is -1.08. The summed E-state index contributed by atoms with van der Waals surface area (Å²) in [7, 11) is 0. The minimum absolute atomic E-state index is 0.305. The Labute approximate surface area is 119 Å². The molecule has 0 amide bonds. The third-order valence-corrected chi connectivity index (χ3v) is 2.94. The lowest BCUT2D eigenvalue weighted by atomic mass is 10.2. The molecule has 1 rings (SSSR count). The van der Waals surface area contributed by atoms with Gasteiger partial charge in [0.2, 0.25) is 0 Å². The van der Waals surface area contributed by atoms with E-state index >= 15 is 0 Å². The van der Waals surface area contributed by atoms with Gasteiger partial charge in [-0.3, -0.25) is 0 Å². The zero-order chi connectivity index (χ0) is 14.5. The van der Waals surface area contributed by atoms with Gasteiger partial charge >= 0.3 is 5.97 Å². The van der Waals surface area contributed by atoms with Crippen molar-refractivity contribution >= 4 is 23.2 Å². The van der Waals surface area contributed by atoms with Crippen molar-refractivity contribution in [1.29, 1.82) is 0 Å². The molecule has 0 saturated carbocycles. The van der Waals surface area contributed by atoms with Crippen molar-refractivity contribution in [2.45, 2.75) is 33.0 Å². The molecule has 0 aliphatic rings. The Morgan fingerprint density at radius 2 is 1.89 bits per heavy atom. The summed E-state index contributed by atoms with van der Waals surface area (Å²) in [6, 6.07) is 9.33. The second-order valence-corrected chi connectivity index (χ2v) is 4.78. The number of ether oxygens (including phenoxy) is 2. The van der Waals surface area contributed by atoms with E-state index in [1.165, 1.54) is 0 Å². The fraction of sp³-hybridized carbons (Fsp3) is 0.333. The van der Waals surface area contributed by atoms with Crippen molar-refractivity contribution in [1.82, 2.24) is 0 Å². The number of carbonyl (C=O) groups excluding carboxylic acids is 1. The van der Waals surface area contributed by atoms with Gasteiger partial charge in [0.25, 0.3) is 5.79 Å². The normalized spacial score (nSPS) is 13.2. The van der Waals surface area contributed by atoms with Crippen LogP contribution in [0.25, 0.3) is 0 Å². The second-order valence-electron chi connectivity index (χ2n) is 4.41. The maximum atomic E-state index is 11.6. The quantitative estimate of drug-likeness (QED) is 0.357. The van der Waals surface area contributed by atoms with Gasteiger partial charge in [0.1, 0.15) is 0 Å². The van der Waals surface area contributed by atoms with E-state index in [9.17, 15) is 4.79 Å². The first kappa shape index (κ1) is 15.4. The van der Waals surface area contributed by atoms with Crippen LogP contribution in [0.5, 0.6) is 0 Å². The molecule has 0 aliphatic carbocycles. The average molecular weight is 278 g/mol. The van der Waals surface area contributed by atoms with Crippen LogP contribution in [0.3, 0.4) is 0 Å². The van der Waals surface area contributed by atoms with Crippen LogP contribution in [0.4, 0.5) is 0 Å². The summed E-state index contributed by atoms with van der Waals surface area (Å²) in [5.41, 5.74) is 1.11. The molecule has 102 valence electrons. The highest BCUT2D eigenvalue weighted by Gasteiger charge is 2.30. The first-order chi connectivity index (χ1) is 8.88. The van der Waals surface area contributed by atoms with Gasteiger partial charge in [0, 0.05) is 24.5 Å². The Hall–Kier alpha value is -1.68. The molecule has 0 heterocycles. The van der Waals surface area contributed by atoms with E-state index in [4.69, 9.17) is 21.7 Å². The van der Waals surface area contributed by atoms with Gasteiger partial charge in [-0.2, -0.15) is 0 Å². The van der Waals surface area contributed by atoms with Gasteiger partial charge in [-0.15, -0.1) is 0 Å². The molecule has 0 N–H and O–H groups in total. The van der Waals surface area contributed by atoms with Crippen molar-refractivity contribution in [3.8, 4) is 0 Å². The molecule has 0 aliphatic heterocycles. The van der Waals surface area contributed by atoms with Crippen molar-refractivity contribution in [3.63, 3.8) is 0 Å². The van der Waals surface area contributed by atoms with E-state index in [1.54, 1.807) is 13.8 Å². The number of esters is 1. The fourth-order valence-corrected chi connectivity index (χ4v) is 1.59. The number of rotatable bonds is 5. The van der Waals surface area contributed by atoms with Crippen LogP contribution in [0.15, 0.2) is 42.5 Å². The van der Waals surface area contributed by atoms with Gasteiger partial charge in [0.15, 0.2) is 5.05 Å². The maximum Gasteiger partial charge on any atom is 0.336 e. The summed E-state index contributed by atoms with van der Waals surface area (Å²) in [4.78, 5) is 11.6. The highest BCUT2D eigenvalue weighted by atomic mass is 32.1. The van der Waals surface area contributed by atoms with Crippen LogP contribution in [-0.2, 0) is 14.3 Å². The van der Waals surface area contributed by atoms with Crippen molar-refractivity contribution in [2.24, 2.45) is 0 Å². The Morgan fingerprint density at radius 1 is 1.32 bits per heavy atom. The van der Waals surface area contributed by atoms with E-state index in [0.29, 0.717) is 17.0 Å². The van der Waals surface area contributed by atoms with Gasteiger partial charge in [-0.1, -0.05) is 43.8 Å². The molecular weight excluding hydrogens is 260 g/mol. The zero-order valence-electron chi connectivity index (χ0n) is 11.4. The van der Waals surface area contributed by atoms with E-state index in [0.717, 1.165) is 5.56 Å². The van der Waals surface area contributed by atoms with Crippen LogP contribution in [-0.4, -0.2) is 16.8 Å². The first-order valence-electron chi connectivity index (χ1n) is 6.05. The van der Waals surface area contributed by atoms with Crippen LogP contribution < -0.4 is 0 Å². The molecule has 0 fully saturated rings. The third kappa shape index (κ3) is 4.48. The van der Waals surface area contributed by atoms with E-state index < -0.39 is 11.8 Å². The van der Waals surface area contributed by atoms with E-state index in [-0.39, 0.29) is 0 Å². The summed E-state index contributed by atoms with van der Waals surface area (Å²) in [6.45, 7) is 8.68. The predicted octanol–water partition coefficient (Wildman–Crippen LogP) is 3.62. The van der Waals surface area contributed by atoms with Gasteiger partial charge < -0.3 is 9.47 Å². The van der Waals surface area contributed by atoms with Crippen LogP contribution in [0.2, 0.25) is 0 Å². The molecule has 1 unspecified atom stereocenters. The number of thiocarbonyl (C=S) groups is 1. The Kier molecular flexibility index (Phi) is 5.24. The highest BCUT2D eigenvalue weighted by molar-refractivity contribution is 7.80. The second kappa shape index (κ2) is 6.48. The zero-order valence-corrected chi connectivity index (χ0v) is 12.3. The Balaban J connectivity index is 2.78. The van der Waals surface area contributed by atoms with Crippen molar-refractivity contribution < 1.29 is 14.3 Å². The van der Waals surface area contributed by atoms with Crippen LogP contribution in [0, 0.1) is 0 Å². The molecule has 0 spiro atoms. The predicted molar refractivity (Wildman–Crippen MR) is 78.8 cm³/mol. The third-order valence-electron chi connectivity index (χ3n) is 2.62. The molecule has 1 atom stereocenters. The molecule has 0 saturated heterocycles. The Bertz CT molecular complexity index is 481. The van der Waals surface area contributed by atoms with Crippen molar-refractivity contribution in [3.05, 3.63) is 48.0 Å². The molecule has 0 bridgehead atoms. The lowest BCUT2D eigenvalue weighted by molar-refractivity contribution is -0.191. The highest BCUT2D eigenvalue weighted by Crippen LogP contribution is 2.21. The molecule has 3 nitrogen and oxygen atoms in total. The largest absolute Gasteiger partial charge is 0.442 e. The number of hydrogen-bond acceptors (Lipinski definition) is 4. The smallest absolute Gasteiger partial charge is 0.336 e. The molecule has 4 heteroatoms.